The van der Waals surface area contributed by atoms with Crippen molar-refractivity contribution >= 4 is 16.7 Å². The summed E-state index contributed by atoms with van der Waals surface area (Å²) in [5, 5.41) is 5.96. The Morgan fingerprint density at radius 1 is 1.10 bits per heavy atom. The highest BCUT2D eigenvalue weighted by molar-refractivity contribution is 5.92. The molecular weight excluding hydrogens is 386 g/mol. The molecule has 0 saturated heterocycles. The average Bonchev–Trinajstić information content (AvgIpc) is 3.21. The van der Waals surface area contributed by atoms with Gasteiger partial charge in [-0.15, -0.1) is 0 Å². The number of allylic oxidation sites excluding steroid dienone is 2. The van der Waals surface area contributed by atoms with Crippen molar-refractivity contribution in [3.8, 4) is 11.6 Å². The van der Waals surface area contributed by atoms with E-state index in [0.717, 1.165) is 23.1 Å². The van der Waals surface area contributed by atoms with E-state index in [-0.39, 0.29) is 0 Å². The molecule has 0 fully saturated rings. The van der Waals surface area contributed by atoms with Crippen LogP contribution in [0.15, 0.2) is 78.0 Å². The van der Waals surface area contributed by atoms with Crippen LogP contribution in [0.2, 0.25) is 0 Å². The van der Waals surface area contributed by atoms with Gasteiger partial charge in [0.1, 0.15) is 5.75 Å². The number of benzene rings is 2. The Labute approximate surface area is 181 Å². The number of ether oxygens (including phenoxy) is 1. The predicted molar refractivity (Wildman–Crippen MR) is 122 cm³/mol. The fraction of sp³-hybridized carbons (Fsp3) is 0.231. The van der Waals surface area contributed by atoms with E-state index >= 15 is 0 Å². The van der Waals surface area contributed by atoms with Gasteiger partial charge in [-0.3, -0.25) is 4.79 Å². The number of nitrogens with two attached hydrogens (primary N) is 1. The second-order valence-corrected chi connectivity index (χ2v) is 8.09. The summed E-state index contributed by atoms with van der Waals surface area (Å²) in [5.41, 5.74) is 10.0. The van der Waals surface area contributed by atoms with Crippen LogP contribution < -0.4 is 15.8 Å². The zero-order valence-electron chi connectivity index (χ0n) is 17.3. The number of fused-ring (bicyclic) bond motifs is 1. The van der Waals surface area contributed by atoms with Gasteiger partial charge in [-0.1, -0.05) is 48.1 Å². The van der Waals surface area contributed by atoms with Gasteiger partial charge in [-0.2, -0.15) is 0 Å². The standard InChI is InChI=1S/C26H25N3O2/c27-26(30)19-12-14-25(29-16-19)31-24-10-4-8-20-18(6-3-9-22(20)24)15-28-23-13-11-17-5-1-2-7-21(17)23/h2-4,6-10,12,14,16,23,28H,1,5,11,13,15H2,(H2,27,30)/t23-/m0/s1. The Balaban J connectivity index is 1.37. The van der Waals surface area contributed by atoms with Gasteiger partial charge >= 0.3 is 0 Å². The number of rotatable bonds is 6. The third kappa shape index (κ3) is 3.97. The van der Waals surface area contributed by atoms with Crippen LogP contribution in [-0.2, 0) is 6.54 Å². The van der Waals surface area contributed by atoms with Gasteiger partial charge in [0, 0.05) is 30.2 Å². The summed E-state index contributed by atoms with van der Waals surface area (Å²) in [4.78, 5) is 15.5. The molecule has 31 heavy (non-hydrogen) atoms. The SMILES string of the molecule is NC(=O)c1ccc(Oc2cccc3c(CN[C@H]4CCC5=C4C=CCC5)cccc23)nc1. The molecule has 2 aliphatic carbocycles. The molecule has 5 rings (SSSR count). The van der Waals surface area contributed by atoms with Crippen LogP contribution in [0.4, 0.5) is 0 Å². The van der Waals surface area contributed by atoms with E-state index in [2.05, 4.69) is 46.7 Å². The fourth-order valence-electron chi connectivity index (χ4n) is 4.57. The molecule has 3 aromatic rings. The molecule has 1 aromatic heterocycles. The maximum atomic E-state index is 11.2. The third-order valence-corrected chi connectivity index (χ3v) is 6.18. The maximum Gasteiger partial charge on any atom is 0.250 e. The molecular formula is C26H25N3O2. The maximum absolute atomic E-state index is 11.2. The molecule has 5 nitrogen and oxygen atoms in total. The van der Waals surface area contributed by atoms with Crippen LogP contribution in [0, 0.1) is 0 Å². The highest BCUT2D eigenvalue weighted by Crippen LogP contribution is 2.35. The Hall–Kier alpha value is -3.44. The Morgan fingerprint density at radius 2 is 1.97 bits per heavy atom. The molecule has 0 spiro atoms. The molecule has 2 aliphatic rings. The minimum atomic E-state index is -0.504. The van der Waals surface area contributed by atoms with E-state index in [1.807, 2.05) is 12.1 Å². The van der Waals surface area contributed by atoms with Crippen molar-refractivity contribution < 1.29 is 9.53 Å². The number of carbonyl (C=O) groups is 1. The number of hydrogen-bond acceptors (Lipinski definition) is 4. The van der Waals surface area contributed by atoms with Crippen LogP contribution in [0.1, 0.15) is 41.6 Å². The summed E-state index contributed by atoms with van der Waals surface area (Å²) in [5.74, 6) is 0.658. The largest absolute Gasteiger partial charge is 0.438 e. The van der Waals surface area contributed by atoms with Crippen molar-refractivity contribution in [2.75, 3.05) is 0 Å². The minimum absolute atomic E-state index is 0.358. The lowest BCUT2D eigenvalue weighted by Crippen LogP contribution is -2.28. The molecule has 3 N–H and O–H groups in total. The van der Waals surface area contributed by atoms with E-state index in [1.165, 1.54) is 43.0 Å². The molecule has 1 amide bonds. The van der Waals surface area contributed by atoms with Gasteiger partial charge < -0.3 is 15.8 Å². The number of carbonyl (C=O) groups excluding carboxylic acids is 1. The van der Waals surface area contributed by atoms with Crippen LogP contribution in [-0.4, -0.2) is 16.9 Å². The molecule has 0 bridgehead atoms. The highest BCUT2D eigenvalue weighted by Gasteiger charge is 2.24. The van der Waals surface area contributed by atoms with Gasteiger partial charge in [-0.25, -0.2) is 4.98 Å². The Bertz CT molecular complexity index is 1200. The first kappa shape index (κ1) is 19.5. The summed E-state index contributed by atoms with van der Waals surface area (Å²) in [7, 11) is 0. The molecule has 0 radical (unpaired) electrons. The smallest absolute Gasteiger partial charge is 0.250 e. The van der Waals surface area contributed by atoms with Crippen LogP contribution in [0.3, 0.4) is 0 Å². The molecule has 1 atom stereocenters. The first-order valence-electron chi connectivity index (χ1n) is 10.8. The number of aromatic nitrogens is 1. The number of primary amides is 1. The summed E-state index contributed by atoms with van der Waals surface area (Å²) in [6, 6.07) is 16.1. The number of nitrogens with one attached hydrogen (secondary N) is 1. The van der Waals surface area contributed by atoms with Gasteiger partial charge in [0.15, 0.2) is 0 Å². The van der Waals surface area contributed by atoms with Crippen molar-refractivity contribution in [3.05, 3.63) is 89.2 Å². The van der Waals surface area contributed by atoms with Crippen LogP contribution in [0.5, 0.6) is 11.6 Å². The van der Waals surface area contributed by atoms with E-state index < -0.39 is 5.91 Å². The predicted octanol–water partition coefficient (Wildman–Crippen LogP) is 5.02. The van der Waals surface area contributed by atoms with Crippen LogP contribution >= 0.6 is 0 Å². The highest BCUT2D eigenvalue weighted by atomic mass is 16.5. The van der Waals surface area contributed by atoms with Crippen LogP contribution in [0.25, 0.3) is 10.8 Å². The van der Waals surface area contributed by atoms with E-state index in [4.69, 9.17) is 10.5 Å². The summed E-state index contributed by atoms with van der Waals surface area (Å²) < 4.78 is 6.03. The second-order valence-electron chi connectivity index (χ2n) is 8.09. The third-order valence-electron chi connectivity index (χ3n) is 6.18. The topological polar surface area (TPSA) is 77.2 Å². The fourth-order valence-corrected chi connectivity index (χ4v) is 4.57. The van der Waals surface area contributed by atoms with Crippen molar-refractivity contribution in [1.29, 1.82) is 0 Å². The lowest BCUT2D eigenvalue weighted by Gasteiger charge is -2.18. The molecule has 0 saturated carbocycles. The summed E-state index contributed by atoms with van der Waals surface area (Å²) >= 11 is 0. The zero-order valence-corrected chi connectivity index (χ0v) is 17.3. The lowest BCUT2D eigenvalue weighted by atomic mass is 9.98. The molecule has 156 valence electrons. The zero-order chi connectivity index (χ0) is 21.2. The number of nitrogens with zero attached hydrogens (tertiary/aromatic N) is 1. The average molecular weight is 412 g/mol. The number of pyridine rings is 1. The molecule has 0 aliphatic heterocycles. The quantitative estimate of drug-likeness (QED) is 0.597. The summed E-state index contributed by atoms with van der Waals surface area (Å²) in [6.45, 7) is 0.807. The van der Waals surface area contributed by atoms with Crippen molar-refractivity contribution in [1.82, 2.24) is 10.3 Å². The minimum Gasteiger partial charge on any atom is -0.438 e. The Morgan fingerprint density at radius 3 is 2.81 bits per heavy atom. The van der Waals surface area contributed by atoms with Crippen molar-refractivity contribution in [2.24, 2.45) is 5.73 Å². The number of hydrogen-bond donors (Lipinski definition) is 2. The monoisotopic (exact) mass is 411 g/mol. The first-order valence-corrected chi connectivity index (χ1v) is 10.8. The molecule has 5 heteroatoms. The van der Waals surface area contributed by atoms with Crippen molar-refractivity contribution in [3.63, 3.8) is 0 Å². The number of amides is 1. The van der Waals surface area contributed by atoms with E-state index in [9.17, 15) is 4.79 Å². The van der Waals surface area contributed by atoms with Crippen molar-refractivity contribution in [2.45, 2.75) is 38.3 Å². The van der Waals surface area contributed by atoms with E-state index in [1.54, 1.807) is 17.7 Å². The van der Waals surface area contributed by atoms with Gasteiger partial charge in [0.2, 0.25) is 11.8 Å². The summed E-state index contributed by atoms with van der Waals surface area (Å²) in [6.07, 6.45) is 10.8. The first-order chi connectivity index (χ1) is 15.2. The Kier molecular flexibility index (Phi) is 5.26. The molecule has 1 heterocycles. The second kappa shape index (κ2) is 8.36. The molecule has 0 unspecified atom stereocenters. The normalized spacial score (nSPS) is 17.7. The molecule has 2 aromatic carbocycles. The van der Waals surface area contributed by atoms with Gasteiger partial charge in [0.05, 0.1) is 5.56 Å². The lowest BCUT2D eigenvalue weighted by molar-refractivity contribution is 0.1000. The van der Waals surface area contributed by atoms with E-state index in [0.29, 0.717) is 17.5 Å². The van der Waals surface area contributed by atoms with Gasteiger partial charge in [-0.05, 0) is 54.3 Å². The van der Waals surface area contributed by atoms with Gasteiger partial charge in [0.25, 0.3) is 0 Å².